The van der Waals surface area contributed by atoms with E-state index in [2.05, 4.69) is 207 Å². The van der Waals surface area contributed by atoms with Gasteiger partial charge in [-0.25, -0.2) is 0 Å². The molecule has 2 aliphatic carbocycles. The first-order valence-corrected chi connectivity index (χ1v) is 22.2. The van der Waals surface area contributed by atoms with Crippen LogP contribution in [-0.4, -0.2) is 0 Å². The monoisotopic (exact) mass is 811 g/mol. The Morgan fingerprint density at radius 3 is 1.82 bits per heavy atom. The average molecular weight is 812 g/mol. The molecule has 0 saturated heterocycles. The van der Waals surface area contributed by atoms with Crippen LogP contribution in [0.1, 0.15) is 47.2 Å². The molecule has 3 nitrogen and oxygen atoms in total. The Morgan fingerprint density at radius 1 is 0.419 bits per heavy atom. The summed E-state index contributed by atoms with van der Waals surface area (Å²) < 4.78 is 16.3. The second-order valence-corrected chi connectivity index (χ2v) is 18.6. The number of furan rings is 1. The van der Waals surface area contributed by atoms with Crippen LogP contribution in [0.2, 0.25) is 0 Å². The third-order valence-electron chi connectivity index (χ3n) is 14.1. The van der Waals surface area contributed by atoms with E-state index in [0.717, 1.165) is 61.6 Å². The van der Waals surface area contributed by atoms with Crippen LogP contribution in [0.4, 0.5) is 17.1 Å². The summed E-state index contributed by atoms with van der Waals surface area (Å²) in [6, 6.07) is 69.0. The lowest BCUT2D eigenvalue weighted by Crippen LogP contribution is -2.32. The Hall–Kier alpha value is -7.40. The van der Waals surface area contributed by atoms with Crippen molar-refractivity contribution in [2.45, 2.75) is 24.7 Å². The zero-order valence-electron chi connectivity index (χ0n) is 34.1. The van der Waals surface area contributed by atoms with Gasteiger partial charge in [-0.1, -0.05) is 135 Å². The summed E-state index contributed by atoms with van der Waals surface area (Å²) >= 11 is 1.86. The quantitative estimate of drug-likeness (QED) is 0.178. The molecule has 292 valence electrons. The number of benzene rings is 9. The van der Waals surface area contributed by atoms with E-state index < -0.39 is 5.41 Å². The number of hydrogen-bond donors (Lipinski definition) is 0. The van der Waals surface area contributed by atoms with Gasteiger partial charge in [-0.05, 0) is 111 Å². The molecule has 4 heteroatoms. The molecule has 0 radical (unpaired) electrons. The van der Waals surface area contributed by atoms with Gasteiger partial charge in [-0.2, -0.15) is 0 Å². The van der Waals surface area contributed by atoms with Crippen LogP contribution >= 0.6 is 11.3 Å². The number of hydrogen-bond acceptors (Lipinski definition) is 4. The molecule has 11 aromatic rings. The average Bonchev–Trinajstić information content (AvgIpc) is 4.02. The molecule has 0 atom stereocenters. The summed E-state index contributed by atoms with van der Waals surface area (Å²) in [4.78, 5) is 2.51. The molecule has 1 aliphatic heterocycles. The molecule has 2 aromatic heterocycles. The highest BCUT2D eigenvalue weighted by atomic mass is 32.1. The third kappa shape index (κ3) is 4.29. The van der Waals surface area contributed by atoms with E-state index in [1.807, 2.05) is 11.3 Å². The second kappa shape index (κ2) is 12.1. The molecule has 0 unspecified atom stereocenters. The molecule has 3 aliphatic rings. The van der Waals surface area contributed by atoms with Crippen molar-refractivity contribution in [2.24, 2.45) is 0 Å². The minimum Gasteiger partial charge on any atom is -0.457 e. The molecule has 0 saturated carbocycles. The minimum absolute atomic E-state index is 0.158. The predicted octanol–water partition coefficient (Wildman–Crippen LogP) is 16.2. The maximum absolute atomic E-state index is 7.09. The van der Waals surface area contributed by atoms with E-state index >= 15 is 0 Å². The molecule has 0 amide bonds. The van der Waals surface area contributed by atoms with E-state index in [-0.39, 0.29) is 5.41 Å². The van der Waals surface area contributed by atoms with Crippen molar-refractivity contribution in [1.29, 1.82) is 0 Å². The molecular formula is C58H37NO2S. The van der Waals surface area contributed by atoms with Crippen molar-refractivity contribution in [3.05, 3.63) is 221 Å². The topological polar surface area (TPSA) is 25.6 Å². The van der Waals surface area contributed by atoms with Gasteiger partial charge >= 0.3 is 0 Å². The number of para-hydroxylation sites is 2. The second-order valence-electron chi connectivity index (χ2n) is 17.5. The number of nitrogens with zero attached hydrogens (tertiary/aromatic N) is 1. The number of anilines is 3. The first-order chi connectivity index (χ1) is 30.5. The first kappa shape index (κ1) is 34.3. The van der Waals surface area contributed by atoms with Crippen molar-refractivity contribution >= 4 is 70.5 Å². The third-order valence-corrected chi connectivity index (χ3v) is 15.3. The summed E-state index contributed by atoms with van der Waals surface area (Å²) in [5.74, 6) is 1.76. The van der Waals surface area contributed by atoms with Crippen LogP contribution in [0, 0.1) is 0 Å². The highest BCUT2D eigenvalue weighted by Crippen LogP contribution is 2.63. The summed E-state index contributed by atoms with van der Waals surface area (Å²) in [6.07, 6.45) is 0. The zero-order chi connectivity index (χ0) is 40.9. The molecule has 14 rings (SSSR count). The number of fused-ring (bicyclic) bond motifs is 18. The number of ether oxygens (including phenoxy) is 1. The number of rotatable bonds is 3. The maximum Gasteiger partial charge on any atom is 0.137 e. The fourth-order valence-electron chi connectivity index (χ4n) is 11.5. The standard InChI is InChI=1S/C58H37NO2S/c1-57(2)41-18-6-3-15-35(41)37-30-29-34(31-45(37)57)59(48-23-14-28-54-56(48)38-17-5-12-27-53(38)62-54)47-22-13-26-51-55(47)40-32-39-36-16-4-7-19-42(36)58(46(39)33-52(40)61-51)43-20-8-10-24-49(43)60-50-25-11-9-21-44(50)58/h3-33H,1-2H3. The normalized spacial score (nSPS) is 14.7. The molecule has 1 spiro atoms. The fourth-order valence-corrected chi connectivity index (χ4v) is 12.6. The van der Waals surface area contributed by atoms with Crippen molar-refractivity contribution in [1.82, 2.24) is 0 Å². The van der Waals surface area contributed by atoms with Crippen molar-refractivity contribution in [2.75, 3.05) is 4.90 Å². The molecule has 0 N–H and O–H groups in total. The summed E-state index contributed by atoms with van der Waals surface area (Å²) in [5, 5.41) is 4.71. The van der Waals surface area contributed by atoms with Crippen molar-refractivity contribution in [3.63, 3.8) is 0 Å². The summed E-state index contributed by atoms with van der Waals surface area (Å²) in [6.45, 7) is 4.73. The van der Waals surface area contributed by atoms with Gasteiger partial charge in [0.05, 0.1) is 22.2 Å². The largest absolute Gasteiger partial charge is 0.457 e. The van der Waals surface area contributed by atoms with Gasteiger partial charge < -0.3 is 14.1 Å². The lowest BCUT2D eigenvalue weighted by Gasteiger charge is -2.39. The van der Waals surface area contributed by atoms with Gasteiger partial charge in [-0.3, -0.25) is 0 Å². The number of thiophene rings is 1. The smallest absolute Gasteiger partial charge is 0.137 e. The van der Waals surface area contributed by atoms with Gasteiger partial charge in [-0.15, -0.1) is 11.3 Å². The van der Waals surface area contributed by atoms with Crippen molar-refractivity contribution < 1.29 is 9.15 Å². The van der Waals surface area contributed by atoms with Crippen LogP contribution in [0.15, 0.2) is 192 Å². The van der Waals surface area contributed by atoms with Gasteiger partial charge in [0.25, 0.3) is 0 Å². The SMILES string of the molecule is CC1(C)c2ccccc2-c2ccc(N(c3cccc4oc5cc6c(cc5c34)-c3ccccc3C63c4ccccc4Oc4ccccc43)c3cccc4sc5ccccc5c34)cc21. The molecule has 0 fully saturated rings. The molecule has 9 aromatic carbocycles. The van der Waals surface area contributed by atoms with Crippen LogP contribution in [-0.2, 0) is 10.8 Å². The van der Waals surface area contributed by atoms with E-state index in [1.54, 1.807) is 0 Å². The van der Waals surface area contributed by atoms with Gasteiger partial charge in [0.15, 0.2) is 0 Å². The summed E-state index contributed by atoms with van der Waals surface area (Å²) in [7, 11) is 0. The molecule has 3 heterocycles. The fraction of sp³-hybridized carbons (Fsp3) is 0.0690. The Labute approximate surface area is 362 Å². The van der Waals surface area contributed by atoms with Crippen LogP contribution in [0.3, 0.4) is 0 Å². The Morgan fingerprint density at radius 2 is 1.03 bits per heavy atom. The lowest BCUT2D eigenvalue weighted by molar-refractivity contribution is 0.436. The van der Waals surface area contributed by atoms with E-state index in [1.165, 1.54) is 64.7 Å². The highest BCUT2D eigenvalue weighted by molar-refractivity contribution is 7.26. The van der Waals surface area contributed by atoms with Crippen molar-refractivity contribution in [3.8, 4) is 33.8 Å². The lowest BCUT2D eigenvalue weighted by atomic mass is 9.66. The first-order valence-electron chi connectivity index (χ1n) is 21.4. The van der Waals surface area contributed by atoms with Crippen LogP contribution in [0.5, 0.6) is 11.5 Å². The Balaban J connectivity index is 1.07. The van der Waals surface area contributed by atoms with Gasteiger partial charge in [0.2, 0.25) is 0 Å². The highest BCUT2D eigenvalue weighted by Gasteiger charge is 2.51. The minimum atomic E-state index is -0.580. The maximum atomic E-state index is 7.09. The van der Waals surface area contributed by atoms with E-state index in [9.17, 15) is 0 Å². The van der Waals surface area contributed by atoms with E-state index in [4.69, 9.17) is 9.15 Å². The zero-order valence-corrected chi connectivity index (χ0v) is 34.9. The van der Waals surface area contributed by atoms with Crippen LogP contribution in [0.25, 0.3) is 64.4 Å². The molecule has 0 bridgehead atoms. The van der Waals surface area contributed by atoms with E-state index in [0.29, 0.717) is 0 Å². The molecule has 62 heavy (non-hydrogen) atoms. The van der Waals surface area contributed by atoms with Crippen LogP contribution < -0.4 is 9.64 Å². The summed E-state index contributed by atoms with van der Waals surface area (Å²) in [5.41, 5.74) is 16.9. The Kier molecular flexibility index (Phi) is 6.71. The van der Waals surface area contributed by atoms with Gasteiger partial charge in [0, 0.05) is 47.8 Å². The molecular weight excluding hydrogens is 775 g/mol. The van der Waals surface area contributed by atoms with Gasteiger partial charge in [0.1, 0.15) is 22.7 Å². The Bertz CT molecular complexity index is 3690. The predicted molar refractivity (Wildman–Crippen MR) is 256 cm³/mol.